The van der Waals surface area contributed by atoms with Gasteiger partial charge in [0.25, 0.3) is 10.0 Å². The van der Waals surface area contributed by atoms with Gasteiger partial charge in [-0.15, -0.1) is 0 Å². The first kappa shape index (κ1) is 15.0. The smallest absolute Gasteiger partial charge is 0.259 e. The normalized spacial score (nSPS) is 25.2. The van der Waals surface area contributed by atoms with Crippen molar-refractivity contribution in [3.05, 3.63) is 12.5 Å². The van der Waals surface area contributed by atoms with Gasteiger partial charge in [-0.25, -0.2) is 18.1 Å². The van der Waals surface area contributed by atoms with Crippen molar-refractivity contribution in [3.8, 4) is 0 Å². The molecule has 1 aliphatic rings. The van der Waals surface area contributed by atoms with E-state index in [1.54, 1.807) is 17.1 Å². The minimum atomic E-state index is -3.51. The second-order valence-electron chi connectivity index (χ2n) is 4.92. The number of rotatable bonds is 4. The summed E-state index contributed by atoms with van der Waals surface area (Å²) < 4.78 is 29.1. The lowest BCUT2D eigenvalue weighted by Gasteiger charge is -2.20. The lowest BCUT2D eigenvalue weighted by molar-refractivity contribution is 0.519. The van der Waals surface area contributed by atoms with E-state index >= 15 is 0 Å². The predicted octanol–water partition coefficient (Wildman–Crippen LogP) is 2.28. The molecule has 0 bridgehead atoms. The molecule has 2 unspecified atom stereocenters. The van der Waals surface area contributed by atoms with Crippen LogP contribution in [0.15, 0.2) is 17.6 Å². The van der Waals surface area contributed by atoms with E-state index in [0.29, 0.717) is 6.54 Å². The highest BCUT2D eigenvalue weighted by atomic mass is 79.9. The Hall–Kier alpha value is -0.400. The van der Waals surface area contributed by atoms with Gasteiger partial charge in [0, 0.05) is 23.6 Å². The molecule has 1 aliphatic carbocycles. The monoisotopic (exact) mass is 349 g/mol. The predicted molar refractivity (Wildman–Crippen MR) is 77.8 cm³/mol. The molecule has 1 heterocycles. The fraction of sp³-hybridized carbons (Fsp3) is 0.750. The van der Waals surface area contributed by atoms with Gasteiger partial charge in [0.2, 0.25) is 0 Å². The van der Waals surface area contributed by atoms with Crippen LogP contribution in [-0.2, 0) is 16.6 Å². The van der Waals surface area contributed by atoms with Crippen LogP contribution in [0.3, 0.4) is 0 Å². The highest BCUT2D eigenvalue weighted by Crippen LogP contribution is 2.24. The first-order valence-corrected chi connectivity index (χ1v) is 9.11. The van der Waals surface area contributed by atoms with Crippen LogP contribution >= 0.6 is 15.9 Å². The molecular formula is C12H20BrN3O2S. The lowest BCUT2D eigenvalue weighted by Crippen LogP contribution is -2.40. The summed E-state index contributed by atoms with van der Waals surface area (Å²) in [7, 11) is -3.51. The molecule has 2 atom stereocenters. The van der Waals surface area contributed by atoms with E-state index in [9.17, 15) is 8.42 Å². The van der Waals surface area contributed by atoms with Crippen LogP contribution in [0, 0.1) is 0 Å². The molecule has 5 nitrogen and oxygen atoms in total. The molecule has 0 saturated heterocycles. The van der Waals surface area contributed by atoms with Crippen molar-refractivity contribution in [1.29, 1.82) is 0 Å². The van der Waals surface area contributed by atoms with Crippen molar-refractivity contribution in [2.24, 2.45) is 0 Å². The van der Waals surface area contributed by atoms with E-state index in [0.717, 1.165) is 25.7 Å². The highest BCUT2D eigenvalue weighted by molar-refractivity contribution is 9.09. The van der Waals surface area contributed by atoms with Gasteiger partial charge in [-0.1, -0.05) is 35.2 Å². The molecule has 0 spiro atoms. The zero-order valence-electron chi connectivity index (χ0n) is 11.0. The fourth-order valence-electron chi connectivity index (χ4n) is 2.31. The number of aromatic nitrogens is 2. The third-order valence-electron chi connectivity index (χ3n) is 3.49. The summed E-state index contributed by atoms with van der Waals surface area (Å²) in [6.45, 7) is 2.67. The van der Waals surface area contributed by atoms with Crippen LogP contribution in [0.5, 0.6) is 0 Å². The van der Waals surface area contributed by atoms with Crippen molar-refractivity contribution in [2.45, 2.75) is 61.5 Å². The third-order valence-corrected chi connectivity index (χ3v) is 5.96. The maximum atomic E-state index is 12.3. The Bertz CT molecular complexity index is 515. The number of nitrogens with zero attached hydrogens (tertiary/aromatic N) is 2. The van der Waals surface area contributed by atoms with Gasteiger partial charge in [0.05, 0.1) is 6.33 Å². The van der Waals surface area contributed by atoms with Crippen LogP contribution in [-0.4, -0.2) is 28.8 Å². The molecule has 1 saturated carbocycles. The Labute approximate surface area is 123 Å². The number of alkyl halides is 1. The zero-order valence-corrected chi connectivity index (χ0v) is 13.5. The van der Waals surface area contributed by atoms with Crippen molar-refractivity contribution in [2.75, 3.05) is 0 Å². The number of hydrogen-bond acceptors (Lipinski definition) is 3. The minimum Gasteiger partial charge on any atom is -0.336 e. The molecule has 2 rings (SSSR count). The minimum absolute atomic E-state index is 0.0423. The Kier molecular flexibility index (Phi) is 5.03. The number of hydrogen-bond donors (Lipinski definition) is 1. The third kappa shape index (κ3) is 3.79. The Balaban J connectivity index is 2.11. The molecule has 1 fully saturated rings. The number of halogens is 1. The van der Waals surface area contributed by atoms with E-state index in [1.807, 2.05) is 6.92 Å². The van der Waals surface area contributed by atoms with Crippen LogP contribution in [0.25, 0.3) is 0 Å². The lowest BCUT2D eigenvalue weighted by atomic mass is 10.1. The van der Waals surface area contributed by atoms with E-state index in [-0.39, 0.29) is 15.9 Å². The number of aryl methyl sites for hydroxylation is 1. The molecule has 1 aromatic heterocycles. The molecule has 1 aromatic rings. The van der Waals surface area contributed by atoms with Gasteiger partial charge in [0.1, 0.15) is 0 Å². The van der Waals surface area contributed by atoms with Gasteiger partial charge < -0.3 is 4.57 Å². The number of nitrogens with one attached hydrogen (secondary N) is 1. The number of sulfonamides is 1. The standard InChI is InChI=1S/C12H20BrN3O2S/c1-2-16-8-12(14-9-16)19(17,18)15-11-7-5-3-4-6-10(11)13/h8-11,15H,2-7H2,1H3. The summed E-state index contributed by atoms with van der Waals surface area (Å²) in [6, 6.07) is -0.0423. The zero-order chi connectivity index (χ0) is 13.9. The average Bonchev–Trinajstić information content (AvgIpc) is 2.78. The van der Waals surface area contributed by atoms with Gasteiger partial charge in [-0.2, -0.15) is 0 Å². The van der Waals surface area contributed by atoms with Crippen LogP contribution in [0.2, 0.25) is 0 Å². The van der Waals surface area contributed by atoms with Crippen molar-refractivity contribution in [3.63, 3.8) is 0 Å². The van der Waals surface area contributed by atoms with Gasteiger partial charge in [0.15, 0.2) is 5.03 Å². The highest BCUT2D eigenvalue weighted by Gasteiger charge is 2.27. The summed E-state index contributed by atoms with van der Waals surface area (Å²) in [5.74, 6) is 0. The second-order valence-corrected chi connectivity index (χ2v) is 7.76. The van der Waals surface area contributed by atoms with Gasteiger partial charge >= 0.3 is 0 Å². The molecule has 7 heteroatoms. The average molecular weight is 350 g/mol. The van der Waals surface area contributed by atoms with Crippen molar-refractivity contribution in [1.82, 2.24) is 14.3 Å². The largest absolute Gasteiger partial charge is 0.336 e. The topological polar surface area (TPSA) is 64.0 Å². The first-order chi connectivity index (χ1) is 9.03. The van der Waals surface area contributed by atoms with Gasteiger partial charge in [-0.05, 0) is 19.8 Å². The van der Waals surface area contributed by atoms with Crippen LogP contribution in [0.4, 0.5) is 0 Å². The molecule has 0 amide bonds. The Morgan fingerprint density at radius 2 is 2.16 bits per heavy atom. The Morgan fingerprint density at radius 1 is 1.42 bits per heavy atom. The van der Waals surface area contributed by atoms with Gasteiger partial charge in [-0.3, -0.25) is 0 Å². The molecule has 1 N–H and O–H groups in total. The molecule has 0 aliphatic heterocycles. The molecule has 0 aromatic carbocycles. The summed E-state index contributed by atoms with van der Waals surface area (Å²) in [5, 5.41) is 0.110. The second kappa shape index (κ2) is 6.37. The quantitative estimate of drug-likeness (QED) is 0.669. The SMILES string of the molecule is CCn1cnc(S(=O)(=O)NC2CCCCCC2Br)c1. The molecular weight excluding hydrogens is 330 g/mol. The van der Waals surface area contributed by atoms with E-state index in [1.165, 1.54) is 6.42 Å². The van der Waals surface area contributed by atoms with Crippen LogP contribution < -0.4 is 4.72 Å². The maximum absolute atomic E-state index is 12.3. The van der Waals surface area contributed by atoms with E-state index in [4.69, 9.17) is 0 Å². The summed E-state index contributed by atoms with van der Waals surface area (Å²) in [5.41, 5.74) is 0. The summed E-state index contributed by atoms with van der Waals surface area (Å²) >= 11 is 3.60. The molecule has 19 heavy (non-hydrogen) atoms. The Morgan fingerprint density at radius 3 is 2.84 bits per heavy atom. The van der Waals surface area contributed by atoms with Crippen LogP contribution in [0.1, 0.15) is 39.0 Å². The maximum Gasteiger partial charge on any atom is 0.259 e. The molecule has 0 radical (unpaired) electrons. The summed E-state index contributed by atoms with van der Waals surface area (Å²) in [6.07, 6.45) is 8.40. The molecule has 108 valence electrons. The van der Waals surface area contributed by atoms with Crippen molar-refractivity contribution < 1.29 is 8.42 Å². The van der Waals surface area contributed by atoms with E-state index < -0.39 is 10.0 Å². The first-order valence-electron chi connectivity index (χ1n) is 6.71. The van der Waals surface area contributed by atoms with E-state index in [2.05, 4.69) is 25.6 Å². The van der Waals surface area contributed by atoms with Crippen molar-refractivity contribution >= 4 is 26.0 Å². The summed E-state index contributed by atoms with van der Waals surface area (Å²) in [4.78, 5) is 4.18. The fourth-order valence-corrected chi connectivity index (χ4v) is 4.46. The number of imidazole rings is 1.